The summed E-state index contributed by atoms with van der Waals surface area (Å²) in [5.41, 5.74) is 2.61. The Morgan fingerprint density at radius 2 is 2.10 bits per heavy atom. The Balaban J connectivity index is 1.60. The molecule has 30 heavy (non-hydrogen) atoms. The number of fused-ring (bicyclic) bond motifs is 1. The van der Waals surface area contributed by atoms with Gasteiger partial charge in [-0.15, -0.1) is 0 Å². The van der Waals surface area contributed by atoms with Gasteiger partial charge in [-0.2, -0.15) is 4.98 Å². The zero-order valence-corrected chi connectivity index (χ0v) is 18.3. The summed E-state index contributed by atoms with van der Waals surface area (Å²) in [5.74, 6) is 0. The molecule has 8 heteroatoms. The lowest BCUT2D eigenvalue weighted by atomic mass is 10.1. The first kappa shape index (κ1) is 20.5. The fourth-order valence-corrected chi connectivity index (χ4v) is 3.79. The average Bonchev–Trinajstić information content (AvgIpc) is 3.10. The fourth-order valence-electron chi connectivity index (χ4n) is 3.58. The molecule has 0 bridgehead atoms. The van der Waals surface area contributed by atoms with Gasteiger partial charge in [-0.1, -0.05) is 17.7 Å². The predicted molar refractivity (Wildman–Crippen MR) is 117 cm³/mol. The smallest absolute Gasteiger partial charge is 0.410 e. The maximum Gasteiger partial charge on any atom is 0.410 e. The Kier molecular flexibility index (Phi) is 5.32. The quantitative estimate of drug-likeness (QED) is 0.572. The molecule has 0 spiro atoms. The number of nitrogens with zero attached hydrogens (tertiary/aromatic N) is 4. The van der Waals surface area contributed by atoms with Gasteiger partial charge >= 0.3 is 6.09 Å². The van der Waals surface area contributed by atoms with Crippen molar-refractivity contribution >= 4 is 34.8 Å². The first-order chi connectivity index (χ1) is 14.2. The number of rotatable bonds is 2. The normalized spacial score (nSPS) is 17.4. The van der Waals surface area contributed by atoms with Crippen molar-refractivity contribution in [3.63, 3.8) is 0 Å². The lowest BCUT2D eigenvalue weighted by Crippen LogP contribution is -2.54. The van der Waals surface area contributed by atoms with E-state index in [1.165, 1.54) is 0 Å². The van der Waals surface area contributed by atoms with Crippen LogP contribution in [0.2, 0.25) is 5.02 Å². The number of carbonyl (C=O) groups excluding carboxylic acids is 1. The molecule has 3 aromatic rings. The van der Waals surface area contributed by atoms with Gasteiger partial charge in [0.25, 0.3) is 6.01 Å². The van der Waals surface area contributed by atoms with Crippen LogP contribution in [-0.2, 0) is 4.74 Å². The maximum atomic E-state index is 12.4. The second-order valence-electron chi connectivity index (χ2n) is 8.51. The molecular weight excluding hydrogens is 404 g/mol. The summed E-state index contributed by atoms with van der Waals surface area (Å²) in [7, 11) is 0. The molecule has 0 radical (unpaired) electrons. The summed E-state index contributed by atoms with van der Waals surface area (Å²) in [4.78, 5) is 25.1. The number of benzene rings is 1. The summed E-state index contributed by atoms with van der Waals surface area (Å²) in [6.07, 6.45) is 3.20. The molecule has 1 saturated heterocycles. The number of aromatic nitrogens is 2. The zero-order valence-electron chi connectivity index (χ0n) is 17.6. The first-order valence-electron chi connectivity index (χ1n) is 9.96. The molecule has 1 aromatic carbocycles. The van der Waals surface area contributed by atoms with Crippen LogP contribution >= 0.6 is 11.6 Å². The number of halogens is 1. The molecule has 2 aromatic heterocycles. The Morgan fingerprint density at radius 1 is 1.30 bits per heavy atom. The van der Waals surface area contributed by atoms with E-state index < -0.39 is 5.60 Å². The van der Waals surface area contributed by atoms with Gasteiger partial charge in [0, 0.05) is 54.2 Å². The lowest BCUT2D eigenvalue weighted by Gasteiger charge is -2.39. The minimum atomic E-state index is -0.514. The van der Waals surface area contributed by atoms with Gasteiger partial charge in [-0.25, -0.2) is 4.79 Å². The van der Waals surface area contributed by atoms with Gasteiger partial charge in [0.2, 0.25) is 0 Å². The summed E-state index contributed by atoms with van der Waals surface area (Å²) in [6, 6.07) is 8.04. The van der Waals surface area contributed by atoms with Crippen LogP contribution in [-0.4, -0.2) is 52.2 Å². The molecule has 1 aliphatic rings. The maximum absolute atomic E-state index is 12.4. The third-order valence-corrected chi connectivity index (χ3v) is 5.16. The van der Waals surface area contributed by atoms with Gasteiger partial charge in [0.1, 0.15) is 11.1 Å². The second-order valence-corrected chi connectivity index (χ2v) is 8.94. The Bertz CT molecular complexity index is 1060. The topological polar surface area (TPSA) is 71.7 Å². The largest absolute Gasteiger partial charge is 0.444 e. The number of pyridine rings is 1. The van der Waals surface area contributed by atoms with Crippen LogP contribution in [0, 0.1) is 0 Å². The van der Waals surface area contributed by atoms with Gasteiger partial charge in [-0.3, -0.25) is 4.98 Å². The van der Waals surface area contributed by atoms with E-state index in [1.807, 2.05) is 45.9 Å². The van der Waals surface area contributed by atoms with Crippen molar-refractivity contribution in [3.05, 3.63) is 41.7 Å². The zero-order chi connectivity index (χ0) is 21.5. The van der Waals surface area contributed by atoms with Gasteiger partial charge < -0.3 is 19.0 Å². The third kappa shape index (κ3) is 4.21. The van der Waals surface area contributed by atoms with Crippen molar-refractivity contribution in [1.29, 1.82) is 0 Å². The van der Waals surface area contributed by atoms with Gasteiger partial charge in [-0.05, 0) is 45.9 Å². The highest BCUT2D eigenvalue weighted by molar-refractivity contribution is 6.31. The molecule has 0 N–H and O–H groups in total. The molecule has 0 saturated carbocycles. The van der Waals surface area contributed by atoms with E-state index in [0.29, 0.717) is 41.8 Å². The number of ether oxygens (including phenoxy) is 1. The monoisotopic (exact) mass is 428 g/mol. The Morgan fingerprint density at radius 3 is 2.77 bits per heavy atom. The summed E-state index contributed by atoms with van der Waals surface area (Å²) < 4.78 is 11.7. The van der Waals surface area contributed by atoms with Crippen molar-refractivity contribution in [3.8, 4) is 11.1 Å². The van der Waals surface area contributed by atoms with Gasteiger partial charge in [0.05, 0.1) is 0 Å². The second kappa shape index (κ2) is 7.80. The number of hydrogen-bond donors (Lipinski definition) is 0. The van der Waals surface area contributed by atoms with Crippen LogP contribution in [0.3, 0.4) is 0 Å². The molecule has 1 amide bonds. The number of amides is 1. The molecule has 7 nitrogen and oxygen atoms in total. The van der Waals surface area contributed by atoms with Crippen molar-refractivity contribution in [2.24, 2.45) is 0 Å². The van der Waals surface area contributed by atoms with Crippen molar-refractivity contribution in [1.82, 2.24) is 14.9 Å². The minimum absolute atomic E-state index is 0.0247. The summed E-state index contributed by atoms with van der Waals surface area (Å²) in [5, 5.41) is 0.587. The minimum Gasteiger partial charge on any atom is -0.444 e. The predicted octanol–water partition coefficient (Wildman–Crippen LogP) is 4.99. The lowest BCUT2D eigenvalue weighted by molar-refractivity contribution is 0.0216. The number of carbonyl (C=O) groups is 1. The summed E-state index contributed by atoms with van der Waals surface area (Å²) >= 11 is 6.33. The molecule has 1 fully saturated rings. The SMILES string of the molecule is CC1CN(C(=O)OC(C)(C)C)CCN1c1nc2cc(Cl)cc(-c3cccnc3)c2o1. The van der Waals surface area contributed by atoms with E-state index >= 15 is 0 Å². The number of piperazine rings is 1. The molecule has 1 unspecified atom stereocenters. The van der Waals surface area contributed by atoms with E-state index in [1.54, 1.807) is 23.4 Å². The Labute approximate surface area is 180 Å². The molecule has 158 valence electrons. The van der Waals surface area contributed by atoms with Crippen LogP contribution < -0.4 is 4.90 Å². The van der Waals surface area contributed by atoms with E-state index in [0.717, 1.165) is 11.1 Å². The number of anilines is 1. The highest BCUT2D eigenvalue weighted by atomic mass is 35.5. The van der Waals surface area contributed by atoms with Crippen LogP contribution in [0.5, 0.6) is 0 Å². The standard InChI is InChI=1S/C22H25ClN4O3/c1-14-13-26(21(28)30-22(2,3)4)8-9-27(14)20-25-18-11-16(23)10-17(19(18)29-20)15-6-5-7-24-12-15/h5-7,10-12,14H,8-9,13H2,1-4H3. The van der Waals surface area contributed by atoms with Crippen LogP contribution in [0.15, 0.2) is 41.1 Å². The highest BCUT2D eigenvalue weighted by Crippen LogP contribution is 2.35. The van der Waals surface area contributed by atoms with Gasteiger partial charge in [0.15, 0.2) is 5.58 Å². The molecule has 1 atom stereocenters. The van der Waals surface area contributed by atoms with E-state index in [9.17, 15) is 4.79 Å². The Hall–Kier alpha value is -2.80. The van der Waals surface area contributed by atoms with Crippen LogP contribution in [0.25, 0.3) is 22.2 Å². The van der Waals surface area contributed by atoms with Crippen molar-refractivity contribution in [2.75, 3.05) is 24.5 Å². The van der Waals surface area contributed by atoms with Crippen LogP contribution in [0.1, 0.15) is 27.7 Å². The molecule has 1 aliphatic heterocycles. The van der Waals surface area contributed by atoms with Crippen molar-refractivity contribution < 1.29 is 13.9 Å². The van der Waals surface area contributed by atoms with Crippen molar-refractivity contribution in [2.45, 2.75) is 39.3 Å². The van der Waals surface area contributed by atoms with E-state index in [2.05, 4.69) is 14.9 Å². The summed E-state index contributed by atoms with van der Waals surface area (Å²) in [6.45, 7) is 9.32. The third-order valence-electron chi connectivity index (χ3n) is 4.94. The average molecular weight is 429 g/mol. The molecular formula is C22H25ClN4O3. The highest BCUT2D eigenvalue weighted by Gasteiger charge is 2.32. The molecule has 3 heterocycles. The van der Waals surface area contributed by atoms with E-state index in [4.69, 9.17) is 20.8 Å². The first-order valence-corrected chi connectivity index (χ1v) is 10.3. The molecule has 4 rings (SSSR count). The fraction of sp³-hybridized carbons (Fsp3) is 0.409. The number of hydrogen-bond acceptors (Lipinski definition) is 6. The van der Waals surface area contributed by atoms with E-state index in [-0.39, 0.29) is 12.1 Å². The van der Waals surface area contributed by atoms with Crippen LogP contribution in [0.4, 0.5) is 10.8 Å². The number of oxazole rings is 1. The molecule has 0 aliphatic carbocycles.